The molecular formula is C13H17N5O2. The van der Waals surface area contributed by atoms with Crippen LogP contribution in [0.15, 0.2) is 24.3 Å². The third-order valence-corrected chi connectivity index (χ3v) is 2.67. The second-order valence-corrected chi connectivity index (χ2v) is 4.01. The zero-order valence-electron chi connectivity index (χ0n) is 11.5. The monoisotopic (exact) mass is 275 g/mol. The minimum absolute atomic E-state index is 0.206. The summed E-state index contributed by atoms with van der Waals surface area (Å²) in [5.41, 5.74) is 7.75. The predicted octanol–water partition coefficient (Wildman–Crippen LogP) is 0.960. The number of benzene rings is 1. The summed E-state index contributed by atoms with van der Waals surface area (Å²) < 4.78 is 9.97. The number of nitrogens with two attached hydrogens (primary N) is 1. The SMILES string of the molecule is COc1nc(NCc2ccc(CN)cc2)nc(OC)n1. The summed E-state index contributed by atoms with van der Waals surface area (Å²) in [6.07, 6.45) is 0. The fourth-order valence-corrected chi connectivity index (χ4v) is 1.57. The maximum absolute atomic E-state index is 5.56. The number of anilines is 1. The van der Waals surface area contributed by atoms with Crippen LogP contribution in [0.25, 0.3) is 0 Å². The van der Waals surface area contributed by atoms with Crippen LogP contribution in [0.2, 0.25) is 0 Å². The van der Waals surface area contributed by atoms with Crippen molar-refractivity contribution in [3.63, 3.8) is 0 Å². The standard InChI is InChI=1S/C13H17N5O2/c1-19-12-16-11(17-13(18-12)20-2)15-8-10-5-3-9(7-14)4-6-10/h3-6H,7-8,14H2,1-2H3,(H,15,16,17,18). The zero-order valence-corrected chi connectivity index (χ0v) is 11.5. The Balaban J connectivity index is 2.05. The van der Waals surface area contributed by atoms with Gasteiger partial charge in [0.15, 0.2) is 0 Å². The van der Waals surface area contributed by atoms with E-state index in [1.54, 1.807) is 0 Å². The third-order valence-electron chi connectivity index (χ3n) is 2.67. The lowest BCUT2D eigenvalue weighted by molar-refractivity contribution is 0.341. The molecule has 0 atom stereocenters. The van der Waals surface area contributed by atoms with Gasteiger partial charge in [0.05, 0.1) is 14.2 Å². The minimum atomic E-state index is 0.206. The Bertz CT molecular complexity index is 537. The van der Waals surface area contributed by atoms with Crippen LogP contribution in [-0.2, 0) is 13.1 Å². The number of rotatable bonds is 6. The molecule has 7 heteroatoms. The minimum Gasteiger partial charge on any atom is -0.467 e. The first-order valence-electron chi connectivity index (χ1n) is 6.11. The van der Waals surface area contributed by atoms with E-state index in [4.69, 9.17) is 15.2 Å². The molecule has 0 fully saturated rings. The van der Waals surface area contributed by atoms with Gasteiger partial charge < -0.3 is 20.5 Å². The molecule has 2 rings (SSSR count). The maximum atomic E-state index is 5.56. The highest BCUT2D eigenvalue weighted by molar-refractivity contribution is 5.31. The molecule has 20 heavy (non-hydrogen) atoms. The topological polar surface area (TPSA) is 95.2 Å². The Morgan fingerprint density at radius 2 is 1.50 bits per heavy atom. The molecule has 0 aliphatic carbocycles. The quantitative estimate of drug-likeness (QED) is 0.810. The number of ether oxygens (including phenoxy) is 2. The Labute approximate surface area is 117 Å². The van der Waals surface area contributed by atoms with Crippen molar-refractivity contribution < 1.29 is 9.47 Å². The maximum Gasteiger partial charge on any atom is 0.324 e. The van der Waals surface area contributed by atoms with Gasteiger partial charge in [0.2, 0.25) is 5.95 Å². The van der Waals surface area contributed by atoms with E-state index in [9.17, 15) is 0 Å². The molecule has 3 N–H and O–H groups in total. The first kappa shape index (κ1) is 14.0. The van der Waals surface area contributed by atoms with Crippen molar-refractivity contribution >= 4 is 5.95 Å². The lowest BCUT2D eigenvalue weighted by atomic mass is 10.1. The number of hydrogen-bond donors (Lipinski definition) is 2. The fourth-order valence-electron chi connectivity index (χ4n) is 1.57. The molecular weight excluding hydrogens is 258 g/mol. The Morgan fingerprint density at radius 3 is 2.00 bits per heavy atom. The largest absolute Gasteiger partial charge is 0.467 e. The van der Waals surface area contributed by atoms with Gasteiger partial charge in [-0.25, -0.2) is 0 Å². The first-order chi connectivity index (χ1) is 9.75. The summed E-state index contributed by atoms with van der Waals surface area (Å²) in [6, 6.07) is 8.41. The van der Waals surface area contributed by atoms with Crippen molar-refractivity contribution in [1.82, 2.24) is 15.0 Å². The van der Waals surface area contributed by atoms with Gasteiger partial charge in [0.25, 0.3) is 0 Å². The summed E-state index contributed by atoms with van der Waals surface area (Å²) >= 11 is 0. The van der Waals surface area contributed by atoms with Crippen LogP contribution < -0.4 is 20.5 Å². The highest BCUT2D eigenvalue weighted by atomic mass is 16.5. The molecule has 0 amide bonds. The van der Waals surface area contributed by atoms with Crippen LogP contribution in [0.1, 0.15) is 11.1 Å². The van der Waals surface area contributed by atoms with Crippen LogP contribution in [0, 0.1) is 0 Å². The average molecular weight is 275 g/mol. The average Bonchev–Trinajstić information content (AvgIpc) is 2.53. The number of nitrogens with zero attached hydrogens (tertiary/aromatic N) is 3. The molecule has 1 heterocycles. The molecule has 0 radical (unpaired) electrons. The second-order valence-electron chi connectivity index (χ2n) is 4.01. The molecule has 0 saturated carbocycles. The van der Waals surface area contributed by atoms with E-state index in [0.29, 0.717) is 19.0 Å². The van der Waals surface area contributed by atoms with Gasteiger partial charge in [-0.1, -0.05) is 24.3 Å². The molecule has 7 nitrogen and oxygen atoms in total. The van der Waals surface area contributed by atoms with Crippen molar-refractivity contribution in [2.45, 2.75) is 13.1 Å². The number of aromatic nitrogens is 3. The third kappa shape index (κ3) is 3.55. The Hall–Kier alpha value is -2.41. The van der Waals surface area contributed by atoms with Crippen LogP contribution in [-0.4, -0.2) is 29.2 Å². The highest BCUT2D eigenvalue weighted by Gasteiger charge is 2.06. The van der Waals surface area contributed by atoms with E-state index in [2.05, 4.69) is 20.3 Å². The van der Waals surface area contributed by atoms with Crippen LogP contribution >= 0.6 is 0 Å². The lowest BCUT2D eigenvalue weighted by Crippen LogP contribution is -2.07. The van der Waals surface area contributed by atoms with E-state index in [1.807, 2.05) is 24.3 Å². The second kappa shape index (κ2) is 6.67. The molecule has 0 aliphatic heterocycles. The summed E-state index contributed by atoms with van der Waals surface area (Å²) in [6.45, 7) is 1.12. The molecule has 0 unspecified atom stereocenters. The van der Waals surface area contributed by atoms with Crippen LogP contribution in [0.3, 0.4) is 0 Å². The lowest BCUT2D eigenvalue weighted by Gasteiger charge is -2.07. The normalized spacial score (nSPS) is 10.2. The predicted molar refractivity (Wildman–Crippen MR) is 74.6 cm³/mol. The van der Waals surface area contributed by atoms with E-state index in [-0.39, 0.29) is 12.0 Å². The van der Waals surface area contributed by atoms with E-state index >= 15 is 0 Å². The van der Waals surface area contributed by atoms with Crippen molar-refractivity contribution in [2.24, 2.45) is 5.73 Å². The van der Waals surface area contributed by atoms with E-state index in [0.717, 1.165) is 11.1 Å². The highest BCUT2D eigenvalue weighted by Crippen LogP contribution is 2.13. The molecule has 0 saturated heterocycles. The summed E-state index contributed by atoms with van der Waals surface area (Å²) in [5.74, 6) is 0.400. The molecule has 1 aromatic heterocycles. The molecule has 0 spiro atoms. The van der Waals surface area contributed by atoms with E-state index < -0.39 is 0 Å². The molecule has 1 aromatic carbocycles. The van der Waals surface area contributed by atoms with Crippen LogP contribution in [0.4, 0.5) is 5.95 Å². The van der Waals surface area contributed by atoms with E-state index in [1.165, 1.54) is 14.2 Å². The summed E-state index contributed by atoms with van der Waals surface area (Å²) in [5, 5.41) is 3.09. The van der Waals surface area contributed by atoms with Gasteiger partial charge in [-0.05, 0) is 11.1 Å². The van der Waals surface area contributed by atoms with Gasteiger partial charge >= 0.3 is 12.0 Å². The van der Waals surface area contributed by atoms with Crippen molar-refractivity contribution in [3.8, 4) is 12.0 Å². The zero-order chi connectivity index (χ0) is 14.4. The molecule has 0 bridgehead atoms. The van der Waals surface area contributed by atoms with Crippen LogP contribution in [0.5, 0.6) is 12.0 Å². The molecule has 2 aromatic rings. The number of hydrogen-bond acceptors (Lipinski definition) is 7. The number of nitrogens with one attached hydrogen (secondary N) is 1. The first-order valence-corrected chi connectivity index (χ1v) is 6.11. The Kier molecular flexibility index (Phi) is 4.67. The summed E-state index contributed by atoms with van der Waals surface area (Å²) in [7, 11) is 2.98. The molecule has 106 valence electrons. The summed E-state index contributed by atoms with van der Waals surface area (Å²) in [4.78, 5) is 12.1. The van der Waals surface area contributed by atoms with Crippen molar-refractivity contribution in [2.75, 3.05) is 19.5 Å². The number of methoxy groups -OCH3 is 2. The Morgan fingerprint density at radius 1 is 0.950 bits per heavy atom. The van der Waals surface area contributed by atoms with Crippen molar-refractivity contribution in [1.29, 1.82) is 0 Å². The van der Waals surface area contributed by atoms with Crippen molar-refractivity contribution in [3.05, 3.63) is 35.4 Å². The smallest absolute Gasteiger partial charge is 0.324 e. The van der Waals surface area contributed by atoms with Gasteiger partial charge in [-0.15, -0.1) is 4.98 Å². The van der Waals surface area contributed by atoms with Gasteiger partial charge in [-0.3, -0.25) is 0 Å². The van der Waals surface area contributed by atoms with Gasteiger partial charge in [0.1, 0.15) is 0 Å². The molecule has 0 aliphatic rings. The fraction of sp³-hybridized carbons (Fsp3) is 0.308. The van der Waals surface area contributed by atoms with Gasteiger partial charge in [-0.2, -0.15) is 9.97 Å². The van der Waals surface area contributed by atoms with Gasteiger partial charge in [0, 0.05) is 13.1 Å².